The van der Waals surface area contributed by atoms with Crippen LogP contribution < -0.4 is 0 Å². The maximum atomic E-state index is 9.33. The second-order valence-corrected chi connectivity index (χ2v) is 9.65. The van der Waals surface area contributed by atoms with E-state index in [4.69, 9.17) is 11.0 Å². The van der Waals surface area contributed by atoms with E-state index in [0.29, 0.717) is 43.8 Å². The van der Waals surface area contributed by atoms with Crippen molar-refractivity contribution in [3.63, 3.8) is 0 Å². The maximum Gasteiger partial charge on any atom is 0.0629 e. The molecule has 186 valence electrons. The van der Waals surface area contributed by atoms with Gasteiger partial charge >= 0.3 is 0 Å². The smallest absolute Gasteiger partial charge is 0.0616 e. The van der Waals surface area contributed by atoms with Crippen molar-refractivity contribution in [1.82, 2.24) is 0 Å². The maximum absolute atomic E-state index is 9.33. The van der Waals surface area contributed by atoms with Crippen LogP contribution in [0.25, 0.3) is 76.5 Å². The first-order chi connectivity index (χ1) is 24.4. The van der Waals surface area contributed by atoms with Gasteiger partial charge in [0.2, 0.25) is 0 Å². The summed E-state index contributed by atoms with van der Waals surface area (Å²) in [7, 11) is 0. The summed E-state index contributed by atoms with van der Waals surface area (Å²) >= 11 is 0. The third kappa shape index (κ3) is 3.54. The number of benzene rings is 8. The predicted octanol–water partition coefficient (Wildman–Crippen LogP) is 11.3. The van der Waals surface area contributed by atoms with Crippen molar-refractivity contribution in [3.05, 3.63) is 157 Å². The molecule has 8 rings (SSSR count). The van der Waals surface area contributed by atoms with Crippen LogP contribution >= 0.6 is 0 Å². The lowest BCUT2D eigenvalue weighted by atomic mass is 9.83. The Morgan fingerprint density at radius 1 is 0.350 bits per heavy atom. The largest absolute Gasteiger partial charge is 0.0629 e. The Hall–Kier alpha value is -5.20. The molecule has 8 aromatic rings. The summed E-state index contributed by atoms with van der Waals surface area (Å²) in [6, 6.07) is 23.5. The van der Waals surface area contributed by atoms with E-state index in [1.165, 1.54) is 0 Å². The Morgan fingerprint density at radius 3 is 1.60 bits per heavy atom. The molecule has 0 atom stereocenters. The number of hydrogen-bond donors (Lipinski definition) is 0. The first-order valence-electron chi connectivity index (χ1n) is 18.5. The zero-order valence-corrected chi connectivity index (χ0v) is 21.2. The van der Waals surface area contributed by atoms with E-state index >= 15 is 0 Å². The van der Waals surface area contributed by atoms with Gasteiger partial charge in [-0.2, -0.15) is 0 Å². The van der Waals surface area contributed by atoms with Crippen LogP contribution in [-0.4, -0.2) is 0 Å². The summed E-state index contributed by atoms with van der Waals surface area (Å²) in [6.07, 6.45) is 0. The van der Waals surface area contributed by atoms with Crippen molar-refractivity contribution in [3.8, 4) is 33.4 Å². The van der Waals surface area contributed by atoms with Crippen LogP contribution in [0.2, 0.25) is 0 Å². The van der Waals surface area contributed by atoms with Crippen LogP contribution in [-0.2, 0) is 0 Å². The first kappa shape index (κ1) is 14.3. The summed E-state index contributed by atoms with van der Waals surface area (Å²) in [5.41, 5.74) is 2.25. The van der Waals surface area contributed by atoms with Crippen molar-refractivity contribution in [2.45, 2.75) is 0 Å². The van der Waals surface area contributed by atoms with E-state index in [-0.39, 0.29) is 46.1 Å². The fraction of sp³-hybridized carbons (Fsp3) is 0. The van der Waals surface area contributed by atoms with Crippen LogP contribution in [0.1, 0.15) is 15.1 Å². The van der Waals surface area contributed by atoms with Gasteiger partial charge in [0, 0.05) is 0 Å². The van der Waals surface area contributed by atoms with Gasteiger partial charge in [0.25, 0.3) is 0 Å². The molecule has 0 fully saturated rings. The molecule has 0 nitrogen and oxygen atoms in total. The van der Waals surface area contributed by atoms with Crippen LogP contribution in [0.3, 0.4) is 0 Å². The highest BCUT2D eigenvalue weighted by molar-refractivity contribution is 6.24. The van der Waals surface area contributed by atoms with Crippen LogP contribution in [0, 0.1) is 0 Å². The van der Waals surface area contributed by atoms with Gasteiger partial charge in [-0.05, 0) is 82.5 Å². The van der Waals surface area contributed by atoms with Gasteiger partial charge in [0.1, 0.15) is 0 Å². The number of rotatable bonds is 3. The standard InChI is InChI=1S/C40H26/c1-2-14-29-26-30(25-24-27(29)12-1)32-17-5-6-18-33(32)39-35-19-7-9-21-37(35)40(38-22-10-8-20-36(38)39)34-23-11-15-28-13-3-4-16-31(28)34/h1-26H/i3D,4D,5D,6D,11D,13D,15D,16D,17D,18D,23D. The SMILES string of the molecule is [2H]c1c([2H])c([2H])c(-c2c3ccccc3c(-c3c([2H])c([2H])c([2H])c4c([2H])c([2H])c([2H])c([2H])c34)c3ccccc23)c(-c2ccc3ccccc3c2)c1[2H]. The minimum absolute atomic E-state index is 0.0338. The summed E-state index contributed by atoms with van der Waals surface area (Å²) in [6.45, 7) is 0. The predicted molar refractivity (Wildman–Crippen MR) is 173 cm³/mol. The molecule has 0 aliphatic carbocycles. The zero-order valence-electron chi connectivity index (χ0n) is 32.2. The van der Waals surface area contributed by atoms with Crippen molar-refractivity contribution < 1.29 is 15.1 Å². The van der Waals surface area contributed by atoms with Crippen molar-refractivity contribution in [2.24, 2.45) is 0 Å². The molecular formula is C40H26. The molecule has 0 unspecified atom stereocenters. The molecule has 8 aromatic carbocycles. The summed E-state index contributed by atoms with van der Waals surface area (Å²) in [5.74, 6) is 0. The fourth-order valence-electron chi connectivity index (χ4n) is 5.73. The van der Waals surface area contributed by atoms with Gasteiger partial charge in [-0.25, -0.2) is 0 Å². The normalized spacial score (nSPS) is 15.3. The second kappa shape index (κ2) is 9.22. The van der Waals surface area contributed by atoms with Crippen molar-refractivity contribution >= 4 is 43.1 Å². The average Bonchev–Trinajstić information content (AvgIpc) is 3.15. The third-order valence-corrected chi connectivity index (χ3v) is 7.47. The van der Waals surface area contributed by atoms with E-state index in [1.54, 1.807) is 36.4 Å². The Labute approximate surface area is 249 Å². The molecule has 0 aliphatic heterocycles. The van der Waals surface area contributed by atoms with Crippen molar-refractivity contribution in [1.29, 1.82) is 0 Å². The summed E-state index contributed by atoms with van der Waals surface area (Å²) in [4.78, 5) is 0. The molecule has 0 bridgehead atoms. The third-order valence-electron chi connectivity index (χ3n) is 7.47. The lowest BCUT2D eigenvalue weighted by Gasteiger charge is -2.20. The van der Waals surface area contributed by atoms with Gasteiger partial charge < -0.3 is 0 Å². The summed E-state index contributed by atoms with van der Waals surface area (Å²) in [5, 5.41) is 3.94. The van der Waals surface area contributed by atoms with E-state index in [2.05, 4.69) is 0 Å². The highest BCUT2D eigenvalue weighted by atomic mass is 14.2. The number of hydrogen-bond acceptors (Lipinski definition) is 0. The van der Waals surface area contributed by atoms with Gasteiger partial charge in [-0.1, -0.05) is 151 Å². The Kier molecular flexibility index (Phi) is 3.29. The lowest BCUT2D eigenvalue weighted by molar-refractivity contribution is 1.62. The van der Waals surface area contributed by atoms with E-state index in [1.807, 2.05) is 54.6 Å². The number of fused-ring (bicyclic) bond motifs is 4. The molecule has 0 amide bonds. The molecule has 0 saturated carbocycles. The summed E-state index contributed by atoms with van der Waals surface area (Å²) < 4.78 is 97.0. The van der Waals surface area contributed by atoms with E-state index in [9.17, 15) is 4.11 Å². The Morgan fingerprint density at radius 2 is 0.875 bits per heavy atom. The van der Waals surface area contributed by atoms with Crippen molar-refractivity contribution in [2.75, 3.05) is 0 Å². The highest BCUT2D eigenvalue weighted by Gasteiger charge is 2.19. The van der Waals surface area contributed by atoms with Gasteiger partial charge in [-0.15, -0.1) is 0 Å². The van der Waals surface area contributed by atoms with E-state index in [0.717, 1.165) is 10.8 Å². The van der Waals surface area contributed by atoms with Gasteiger partial charge in [0.05, 0.1) is 15.1 Å². The molecule has 0 heteroatoms. The molecule has 0 saturated heterocycles. The minimum atomic E-state index is -0.534. The van der Waals surface area contributed by atoms with E-state index < -0.39 is 42.3 Å². The second-order valence-electron chi connectivity index (χ2n) is 9.65. The topological polar surface area (TPSA) is 0 Å². The molecule has 0 aliphatic rings. The van der Waals surface area contributed by atoms with Gasteiger partial charge in [-0.3, -0.25) is 0 Å². The molecule has 0 aromatic heterocycles. The monoisotopic (exact) mass is 517 g/mol. The van der Waals surface area contributed by atoms with Crippen LogP contribution in [0.15, 0.2) is 157 Å². The molecule has 0 heterocycles. The average molecular weight is 518 g/mol. The van der Waals surface area contributed by atoms with Crippen LogP contribution in [0.4, 0.5) is 0 Å². The molecule has 0 radical (unpaired) electrons. The van der Waals surface area contributed by atoms with Gasteiger partial charge in [0.15, 0.2) is 0 Å². The molecular weight excluding hydrogens is 480 g/mol. The quantitative estimate of drug-likeness (QED) is 0.204. The Bertz CT molecular complexity index is 2760. The molecule has 40 heavy (non-hydrogen) atoms. The minimum Gasteiger partial charge on any atom is -0.0616 e. The lowest BCUT2D eigenvalue weighted by Crippen LogP contribution is -1.93. The molecule has 0 N–H and O–H groups in total. The first-order valence-corrected chi connectivity index (χ1v) is 13.0. The Balaban J connectivity index is 1.60. The highest BCUT2D eigenvalue weighted by Crippen LogP contribution is 2.47. The fourth-order valence-corrected chi connectivity index (χ4v) is 5.73. The van der Waals surface area contributed by atoms with Crippen LogP contribution in [0.5, 0.6) is 0 Å². The zero-order chi connectivity index (χ0) is 36.0. The molecule has 0 spiro atoms.